The third kappa shape index (κ3) is 3.29. The van der Waals surface area contributed by atoms with Crippen molar-refractivity contribution in [3.63, 3.8) is 0 Å². The van der Waals surface area contributed by atoms with Crippen molar-refractivity contribution >= 4 is 6.29 Å². The molecule has 0 aliphatic carbocycles. The van der Waals surface area contributed by atoms with E-state index in [2.05, 4.69) is 10.3 Å². The monoisotopic (exact) mass is 297 g/mol. The topological polar surface area (TPSA) is 47.8 Å². The fraction of sp³-hybridized carbons (Fsp3) is 0.357. The molecule has 0 amide bonds. The Balaban J connectivity index is 2.45. The van der Waals surface area contributed by atoms with Crippen LogP contribution in [0.25, 0.3) is 11.3 Å². The molecule has 2 aromatic rings. The van der Waals surface area contributed by atoms with E-state index in [1.165, 1.54) is 16.8 Å². The molecular formula is C14H14F3N3O. The van der Waals surface area contributed by atoms with Crippen LogP contribution in [-0.2, 0) is 12.7 Å². The maximum absolute atomic E-state index is 12.6. The molecule has 0 aliphatic rings. The zero-order valence-electron chi connectivity index (χ0n) is 11.6. The quantitative estimate of drug-likeness (QED) is 0.812. The van der Waals surface area contributed by atoms with Crippen molar-refractivity contribution in [1.29, 1.82) is 0 Å². The summed E-state index contributed by atoms with van der Waals surface area (Å²) in [7, 11) is 0. The van der Waals surface area contributed by atoms with Crippen molar-refractivity contribution in [3.05, 3.63) is 35.5 Å². The fourth-order valence-corrected chi connectivity index (χ4v) is 1.99. The average molecular weight is 297 g/mol. The van der Waals surface area contributed by atoms with E-state index in [-0.39, 0.29) is 11.6 Å². The van der Waals surface area contributed by atoms with E-state index < -0.39 is 11.7 Å². The van der Waals surface area contributed by atoms with Gasteiger partial charge in [0.1, 0.15) is 0 Å². The Labute approximate surface area is 119 Å². The molecule has 0 fully saturated rings. The molecule has 0 aliphatic heterocycles. The summed E-state index contributed by atoms with van der Waals surface area (Å²) >= 11 is 0. The number of rotatable bonds is 4. The third-order valence-electron chi connectivity index (χ3n) is 2.90. The number of hydrogen-bond acceptors (Lipinski definition) is 3. The Hall–Kier alpha value is -2.18. The lowest BCUT2D eigenvalue weighted by atomic mass is 10.1. The highest BCUT2D eigenvalue weighted by Gasteiger charge is 2.30. The first-order chi connectivity index (χ1) is 9.82. The molecule has 0 N–H and O–H groups in total. The number of hydrogen-bond donors (Lipinski definition) is 0. The van der Waals surface area contributed by atoms with Crippen LogP contribution < -0.4 is 0 Å². The zero-order valence-corrected chi connectivity index (χ0v) is 11.6. The Morgan fingerprint density at radius 3 is 2.33 bits per heavy atom. The minimum Gasteiger partial charge on any atom is -0.296 e. The van der Waals surface area contributed by atoms with Crippen molar-refractivity contribution in [3.8, 4) is 11.3 Å². The van der Waals surface area contributed by atoms with Crippen molar-refractivity contribution in [2.24, 2.45) is 5.92 Å². The van der Waals surface area contributed by atoms with E-state index in [9.17, 15) is 18.0 Å². The van der Waals surface area contributed by atoms with Gasteiger partial charge in [-0.15, -0.1) is 5.10 Å². The van der Waals surface area contributed by atoms with Crippen molar-refractivity contribution < 1.29 is 18.0 Å². The summed E-state index contributed by atoms with van der Waals surface area (Å²) in [6, 6.07) is 4.62. The number of carbonyl (C=O) groups is 1. The van der Waals surface area contributed by atoms with E-state index >= 15 is 0 Å². The van der Waals surface area contributed by atoms with Crippen LogP contribution in [0.15, 0.2) is 24.3 Å². The van der Waals surface area contributed by atoms with Gasteiger partial charge in [-0.2, -0.15) is 13.2 Å². The molecule has 7 heteroatoms. The third-order valence-corrected chi connectivity index (χ3v) is 2.90. The molecule has 0 bridgehead atoms. The highest BCUT2D eigenvalue weighted by atomic mass is 19.4. The maximum Gasteiger partial charge on any atom is 0.416 e. The van der Waals surface area contributed by atoms with Crippen molar-refractivity contribution in [2.45, 2.75) is 26.6 Å². The molecule has 0 unspecified atom stereocenters. The number of nitrogens with zero attached hydrogens (tertiary/aromatic N) is 3. The van der Waals surface area contributed by atoms with E-state index in [0.717, 1.165) is 12.1 Å². The minimum atomic E-state index is -4.39. The molecule has 1 aromatic carbocycles. The second kappa shape index (κ2) is 5.67. The van der Waals surface area contributed by atoms with E-state index in [0.29, 0.717) is 24.1 Å². The summed E-state index contributed by atoms with van der Waals surface area (Å²) in [5, 5.41) is 7.65. The lowest BCUT2D eigenvalue weighted by Crippen LogP contribution is -2.09. The van der Waals surface area contributed by atoms with Crippen LogP contribution in [0.1, 0.15) is 29.9 Å². The van der Waals surface area contributed by atoms with Crippen LogP contribution >= 0.6 is 0 Å². The van der Waals surface area contributed by atoms with Crippen LogP contribution in [0.4, 0.5) is 13.2 Å². The van der Waals surface area contributed by atoms with Gasteiger partial charge in [0, 0.05) is 12.1 Å². The Morgan fingerprint density at radius 1 is 1.24 bits per heavy atom. The van der Waals surface area contributed by atoms with Gasteiger partial charge in [0.2, 0.25) is 0 Å². The number of carbonyl (C=O) groups excluding carboxylic acids is 1. The summed E-state index contributed by atoms with van der Waals surface area (Å²) in [5.41, 5.74) is 0.306. The van der Waals surface area contributed by atoms with Gasteiger partial charge in [-0.05, 0) is 18.1 Å². The Morgan fingerprint density at radius 2 is 1.86 bits per heavy atom. The second-order valence-electron chi connectivity index (χ2n) is 5.09. The maximum atomic E-state index is 12.6. The van der Waals surface area contributed by atoms with Crippen molar-refractivity contribution in [1.82, 2.24) is 15.0 Å². The molecule has 4 nitrogen and oxygen atoms in total. The molecular weight excluding hydrogens is 283 g/mol. The molecule has 0 saturated carbocycles. The molecule has 21 heavy (non-hydrogen) atoms. The summed E-state index contributed by atoms with van der Waals surface area (Å²) in [5.74, 6) is 0.263. The van der Waals surface area contributed by atoms with Crippen LogP contribution in [0.3, 0.4) is 0 Å². The second-order valence-corrected chi connectivity index (χ2v) is 5.09. The van der Waals surface area contributed by atoms with Gasteiger partial charge in [0.25, 0.3) is 0 Å². The highest BCUT2D eigenvalue weighted by molar-refractivity contribution is 5.83. The van der Waals surface area contributed by atoms with Crippen LogP contribution in [0, 0.1) is 5.92 Å². The lowest BCUT2D eigenvalue weighted by Gasteiger charge is -2.11. The summed E-state index contributed by atoms with van der Waals surface area (Å²) in [6.07, 6.45) is -3.83. The van der Waals surface area contributed by atoms with Gasteiger partial charge >= 0.3 is 6.18 Å². The first kappa shape index (κ1) is 15.2. The SMILES string of the molecule is CC(C)Cn1nnc(C=O)c1-c1ccc(C(F)(F)F)cc1. The van der Waals surface area contributed by atoms with Crippen LogP contribution in [0.5, 0.6) is 0 Å². The molecule has 0 saturated heterocycles. The summed E-state index contributed by atoms with van der Waals surface area (Å²) < 4.78 is 39.3. The molecule has 0 radical (unpaired) electrons. The predicted molar refractivity (Wildman–Crippen MR) is 70.7 cm³/mol. The van der Waals surface area contributed by atoms with Gasteiger partial charge in [-0.25, -0.2) is 4.68 Å². The molecule has 2 rings (SSSR count). The standard InChI is InChI=1S/C14H14F3N3O/c1-9(2)7-20-13(12(8-21)18-19-20)10-3-5-11(6-4-10)14(15,16)17/h3-6,8-9H,7H2,1-2H3. The minimum absolute atomic E-state index is 0.121. The van der Waals surface area contributed by atoms with Gasteiger partial charge in [-0.1, -0.05) is 31.2 Å². The van der Waals surface area contributed by atoms with Gasteiger partial charge < -0.3 is 0 Å². The van der Waals surface area contributed by atoms with Crippen LogP contribution in [-0.4, -0.2) is 21.3 Å². The summed E-state index contributed by atoms with van der Waals surface area (Å²) in [6.45, 7) is 4.47. The lowest BCUT2D eigenvalue weighted by molar-refractivity contribution is -0.137. The molecule has 0 spiro atoms. The first-order valence-corrected chi connectivity index (χ1v) is 6.39. The fourth-order valence-electron chi connectivity index (χ4n) is 1.99. The first-order valence-electron chi connectivity index (χ1n) is 6.39. The smallest absolute Gasteiger partial charge is 0.296 e. The highest BCUT2D eigenvalue weighted by Crippen LogP contribution is 2.31. The largest absolute Gasteiger partial charge is 0.416 e. The number of aromatic nitrogens is 3. The summed E-state index contributed by atoms with van der Waals surface area (Å²) in [4.78, 5) is 11.0. The number of benzene rings is 1. The average Bonchev–Trinajstić information content (AvgIpc) is 2.80. The Bertz CT molecular complexity index is 630. The molecule has 1 aromatic heterocycles. The number of halogens is 3. The van der Waals surface area contributed by atoms with Crippen molar-refractivity contribution in [2.75, 3.05) is 0 Å². The molecule has 1 heterocycles. The van der Waals surface area contributed by atoms with E-state index in [1.54, 1.807) is 0 Å². The van der Waals surface area contributed by atoms with Gasteiger partial charge in [0.15, 0.2) is 12.0 Å². The number of alkyl halides is 3. The Kier molecular flexibility index (Phi) is 4.11. The van der Waals surface area contributed by atoms with Crippen LogP contribution in [0.2, 0.25) is 0 Å². The van der Waals surface area contributed by atoms with Gasteiger partial charge in [-0.3, -0.25) is 4.79 Å². The molecule has 112 valence electrons. The zero-order chi connectivity index (χ0) is 15.6. The van der Waals surface area contributed by atoms with E-state index in [1.807, 2.05) is 13.8 Å². The number of aldehydes is 1. The normalized spacial score (nSPS) is 11.9. The predicted octanol–water partition coefficient (Wildman–Crippen LogP) is 3.43. The molecule has 0 atom stereocenters. The van der Waals surface area contributed by atoms with Gasteiger partial charge in [0.05, 0.1) is 11.3 Å². The van der Waals surface area contributed by atoms with E-state index in [4.69, 9.17) is 0 Å².